The van der Waals surface area contributed by atoms with Crippen LogP contribution in [0.2, 0.25) is 0 Å². The minimum Gasteiger partial charge on any atom is -0.338 e. The fourth-order valence-corrected chi connectivity index (χ4v) is 6.53. The van der Waals surface area contributed by atoms with Gasteiger partial charge in [-0.1, -0.05) is 89.1 Å². The van der Waals surface area contributed by atoms with Crippen molar-refractivity contribution < 1.29 is 9.37 Å². The lowest BCUT2D eigenvalue weighted by atomic mass is 10.0. The van der Waals surface area contributed by atoms with E-state index in [4.69, 9.17) is 16.6 Å². The maximum atomic E-state index is 14.3. The highest BCUT2D eigenvalue weighted by molar-refractivity contribution is 6.68. The van der Waals surface area contributed by atoms with Crippen LogP contribution in [0.5, 0.6) is 0 Å². The molecule has 7 nitrogen and oxygen atoms in total. The predicted molar refractivity (Wildman–Crippen MR) is 207 cm³/mol. The number of halogens is 1. The highest BCUT2D eigenvalue weighted by Crippen LogP contribution is 2.19. The summed E-state index contributed by atoms with van der Waals surface area (Å²) in [5.41, 5.74) is 3.28. The van der Waals surface area contributed by atoms with Crippen molar-refractivity contribution >= 4 is 46.5 Å². The molecule has 4 rings (SSSR count). The Balaban J connectivity index is 1.83. The molecule has 0 fully saturated rings. The summed E-state index contributed by atoms with van der Waals surface area (Å²) < 4.78 is 4.08. The van der Waals surface area contributed by atoms with Gasteiger partial charge in [-0.05, 0) is 79.8 Å². The molecule has 2 aromatic carbocycles. The van der Waals surface area contributed by atoms with Crippen LogP contribution in [0.25, 0.3) is 29.1 Å². The van der Waals surface area contributed by atoms with Gasteiger partial charge in [-0.25, -0.2) is 9.57 Å². The molecule has 1 unspecified atom stereocenters. The summed E-state index contributed by atoms with van der Waals surface area (Å²) in [5.74, 6) is 0.372. The third kappa shape index (κ3) is 10.0. The van der Waals surface area contributed by atoms with E-state index in [9.17, 15) is 9.59 Å². The van der Waals surface area contributed by atoms with Gasteiger partial charge < -0.3 is 10.6 Å². The van der Waals surface area contributed by atoms with Crippen molar-refractivity contribution in [2.45, 2.75) is 91.5 Å². The molecule has 49 heavy (non-hydrogen) atoms. The van der Waals surface area contributed by atoms with Crippen LogP contribution < -0.4 is 26.8 Å². The van der Waals surface area contributed by atoms with Gasteiger partial charge in [0.1, 0.15) is 18.1 Å². The van der Waals surface area contributed by atoms with Gasteiger partial charge in [0.25, 0.3) is 10.7 Å². The number of aromatic nitrogens is 1. The molecule has 0 radical (unpaired) electrons. The predicted octanol–water partition coefficient (Wildman–Crippen LogP) is 7.64. The van der Waals surface area contributed by atoms with Gasteiger partial charge in [-0.3, -0.25) is 14.2 Å². The van der Waals surface area contributed by atoms with E-state index < -0.39 is 0 Å². The molecular weight excluding hydrogens is 630 g/mol. The zero-order valence-corrected chi connectivity index (χ0v) is 30.2. The van der Waals surface area contributed by atoms with E-state index in [-0.39, 0.29) is 11.5 Å². The molecule has 1 aromatic heterocycles. The van der Waals surface area contributed by atoms with Crippen molar-refractivity contribution in [2.75, 3.05) is 11.9 Å². The number of pyridine rings is 1. The molecule has 0 aliphatic carbocycles. The van der Waals surface area contributed by atoms with Crippen LogP contribution >= 0.6 is 11.6 Å². The second-order valence-electron chi connectivity index (χ2n) is 12.4. The van der Waals surface area contributed by atoms with Crippen LogP contribution in [0.3, 0.4) is 0 Å². The normalized spacial score (nSPS) is 14.9. The lowest BCUT2D eigenvalue weighted by Crippen LogP contribution is -2.43. The number of benzene rings is 2. The summed E-state index contributed by atoms with van der Waals surface area (Å²) in [7, 11) is 0. The zero-order valence-electron chi connectivity index (χ0n) is 29.5. The highest BCUT2D eigenvalue weighted by atomic mass is 35.5. The van der Waals surface area contributed by atoms with E-state index in [0.717, 1.165) is 72.1 Å². The van der Waals surface area contributed by atoms with Gasteiger partial charge in [-0.2, -0.15) is 0 Å². The second-order valence-corrected chi connectivity index (χ2v) is 12.8. The fourth-order valence-electron chi connectivity index (χ4n) is 6.18. The van der Waals surface area contributed by atoms with Gasteiger partial charge in [0.2, 0.25) is 5.91 Å². The maximum Gasteiger partial charge on any atom is 0.293 e. The lowest BCUT2D eigenvalue weighted by Gasteiger charge is -2.21. The molecule has 3 aromatic rings. The average Bonchev–Trinajstić information content (AvgIpc) is 3.11. The summed E-state index contributed by atoms with van der Waals surface area (Å²) >= 11 is 7.06. The van der Waals surface area contributed by atoms with Gasteiger partial charge in [0, 0.05) is 41.9 Å². The van der Waals surface area contributed by atoms with E-state index >= 15 is 0 Å². The quantitative estimate of drug-likeness (QED) is 0.0570. The Morgan fingerprint density at radius 1 is 1.02 bits per heavy atom. The number of carbonyl (C=O) groups excluding carboxylic acids is 1. The second kappa shape index (κ2) is 18.9. The number of hydrogen-bond donors (Lipinski definition) is 2. The lowest BCUT2D eigenvalue weighted by molar-refractivity contribution is -0.566. The number of nitrogens with one attached hydrogen (secondary N) is 2. The van der Waals surface area contributed by atoms with Crippen molar-refractivity contribution in [3.05, 3.63) is 106 Å². The number of hydrogen-bond acceptors (Lipinski definition) is 3. The first kappa shape index (κ1) is 37.3. The van der Waals surface area contributed by atoms with Gasteiger partial charge in [-0.15, -0.1) is 0 Å². The van der Waals surface area contributed by atoms with Crippen LogP contribution in [-0.2, 0) is 4.79 Å². The molecule has 8 heteroatoms. The molecule has 2 N–H and O–H groups in total. The number of allylic oxidation sites excluding steroid dienone is 1. The Morgan fingerprint density at radius 2 is 1.82 bits per heavy atom. The number of carbonyl (C=O) groups is 1. The molecule has 1 atom stereocenters. The SMILES string of the molecule is C=CC(=O)Nc1cccc(-n2c(=O)c(-c3ccccc3)cc(=C/N=C(C)NC3=CCC[N+](C(CCC)CCCCC)=C3Cl)/c2=C/CCC)c1. The molecule has 0 bridgehead atoms. The Labute approximate surface area is 296 Å². The molecule has 1 amide bonds. The number of anilines is 1. The molecule has 2 heterocycles. The summed E-state index contributed by atoms with van der Waals surface area (Å²) in [6.07, 6.45) is 16.9. The third-order valence-corrected chi connectivity index (χ3v) is 9.07. The van der Waals surface area contributed by atoms with Gasteiger partial charge in [0.15, 0.2) is 6.04 Å². The van der Waals surface area contributed by atoms with E-state index in [2.05, 4.69) is 54.7 Å². The molecule has 0 saturated heterocycles. The highest BCUT2D eigenvalue weighted by Gasteiger charge is 2.28. The molecular formula is C41H51ClN5O2+. The van der Waals surface area contributed by atoms with Crippen molar-refractivity contribution in [1.82, 2.24) is 9.88 Å². The number of rotatable bonds is 15. The summed E-state index contributed by atoms with van der Waals surface area (Å²) in [6, 6.07) is 19.3. The molecule has 1 aliphatic rings. The number of amides is 1. The van der Waals surface area contributed by atoms with Crippen molar-refractivity contribution in [3.8, 4) is 16.8 Å². The topological polar surface area (TPSA) is 78.5 Å². The number of unbranched alkanes of at least 4 members (excludes halogenated alkanes) is 3. The van der Waals surface area contributed by atoms with Crippen molar-refractivity contribution in [3.63, 3.8) is 0 Å². The van der Waals surface area contributed by atoms with Gasteiger partial charge in [0.05, 0.1) is 11.0 Å². The van der Waals surface area contributed by atoms with Gasteiger partial charge >= 0.3 is 0 Å². The summed E-state index contributed by atoms with van der Waals surface area (Å²) in [4.78, 5) is 31.3. The number of aliphatic imine (C=N–C) groups is 1. The molecule has 0 saturated carbocycles. The van der Waals surface area contributed by atoms with E-state index in [1.54, 1.807) is 16.7 Å². The zero-order chi connectivity index (χ0) is 35.2. The minimum absolute atomic E-state index is 0.161. The molecule has 258 valence electrons. The third-order valence-electron chi connectivity index (χ3n) is 8.65. The molecule has 0 spiro atoms. The number of nitrogens with zero attached hydrogens (tertiary/aromatic N) is 3. The van der Waals surface area contributed by atoms with E-state index in [0.29, 0.717) is 28.8 Å². The largest absolute Gasteiger partial charge is 0.338 e. The minimum atomic E-state index is -0.322. The molecule has 1 aliphatic heterocycles. The Hall–Kier alpha value is -4.49. The van der Waals surface area contributed by atoms with Crippen LogP contribution in [0.1, 0.15) is 85.5 Å². The fraction of sp³-hybridized carbons (Fsp3) is 0.366. The van der Waals surface area contributed by atoms with Crippen LogP contribution in [0, 0.1) is 0 Å². The number of amidine groups is 1. The first-order valence-electron chi connectivity index (χ1n) is 17.7. The first-order valence-corrected chi connectivity index (χ1v) is 18.1. The van der Waals surface area contributed by atoms with Crippen LogP contribution in [0.4, 0.5) is 5.69 Å². The Kier molecular flexibility index (Phi) is 14.4. The maximum absolute atomic E-state index is 14.3. The van der Waals surface area contributed by atoms with Crippen molar-refractivity contribution in [2.24, 2.45) is 4.99 Å². The van der Waals surface area contributed by atoms with Crippen LogP contribution in [0.15, 0.2) is 94.9 Å². The standard InChI is InChI=1S/C41H50ClN5O2/c1-6-10-13-22-34(18-8-3)46-26-17-24-37(40(46)42)44-30(5)43-29-32-27-36(31-19-14-12-15-20-31)41(49)47(38(32)25-11-7-2)35-23-16-21-33(28-35)45-39(48)9-4/h9,12,14-16,19-21,23-25,27-29,34H,4,6-8,10-11,13,17-18,22,26H2,1-3,5H3,(H-,43,44,45,48,49)/p+1/b38-25-. The summed E-state index contributed by atoms with van der Waals surface area (Å²) in [5, 5.41) is 8.56. The van der Waals surface area contributed by atoms with Crippen molar-refractivity contribution in [1.29, 1.82) is 0 Å². The monoisotopic (exact) mass is 680 g/mol. The smallest absolute Gasteiger partial charge is 0.293 e. The summed E-state index contributed by atoms with van der Waals surface area (Å²) in [6.45, 7) is 13.0. The Bertz CT molecular complexity index is 1890. The average molecular weight is 681 g/mol. The van der Waals surface area contributed by atoms with Crippen LogP contribution in [-0.4, -0.2) is 38.6 Å². The first-order chi connectivity index (χ1) is 23.8. The van der Waals surface area contributed by atoms with E-state index in [1.807, 2.05) is 61.7 Å². The Morgan fingerprint density at radius 3 is 2.53 bits per heavy atom. The van der Waals surface area contributed by atoms with E-state index in [1.165, 1.54) is 25.3 Å².